The predicted octanol–water partition coefficient (Wildman–Crippen LogP) is 8.42. The van der Waals surface area contributed by atoms with Crippen LogP contribution in [-0.4, -0.2) is 34.0 Å². The number of aromatic nitrogens is 1. The molecular formula is C38H58N2O5S. The van der Waals surface area contributed by atoms with Crippen LogP contribution in [-0.2, 0) is 25.7 Å². The molecule has 5 saturated carbocycles. The van der Waals surface area contributed by atoms with E-state index in [0.29, 0.717) is 36.6 Å². The maximum absolute atomic E-state index is 13.3. The fourth-order valence-electron chi connectivity index (χ4n) is 12.7. The minimum atomic E-state index is -1.13. The highest BCUT2D eigenvalue weighted by atomic mass is 32.1. The molecule has 0 saturated heterocycles. The van der Waals surface area contributed by atoms with Crippen molar-refractivity contribution in [3.63, 3.8) is 0 Å². The van der Waals surface area contributed by atoms with Crippen LogP contribution >= 0.6 is 11.3 Å². The van der Waals surface area contributed by atoms with Gasteiger partial charge >= 0.3 is 11.9 Å². The number of carbonyl (C=O) groups excluding carboxylic acids is 2. The molecule has 2 unspecified atom stereocenters. The number of nitrogens with zero attached hydrogens (tertiary/aromatic N) is 1. The average molecular weight is 655 g/mol. The molecule has 5 aliphatic carbocycles. The summed E-state index contributed by atoms with van der Waals surface area (Å²) in [5.41, 5.74) is -0.486. The first-order chi connectivity index (χ1) is 21.5. The van der Waals surface area contributed by atoms with Crippen molar-refractivity contribution in [3.8, 4) is 0 Å². The maximum atomic E-state index is 13.3. The van der Waals surface area contributed by atoms with E-state index in [0.717, 1.165) is 30.7 Å². The number of esters is 1. The SMILES string of the molecule is CC(C)(CC(=O)O[C@H]1CC[C@@]2(C)C(CC[C@]3(C)C2CC[C@@H]2[C@H]4CCC[C@]4(CC(=O)NCc4nccs4)CC[C@]23C)C1(C)C)C(=O)O. The summed E-state index contributed by atoms with van der Waals surface area (Å²) in [7, 11) is 0. The van der Waals surface area contributed by atoms with Crippen LogP contribution in [0.15, 0.2) is 11.6 Å². The summed E-state index contributed by atoms with van der Waals surface area (Å²) in [6, 6.07) is 0. The van der Waals surface area contributed by atoms with Crippen molar-refractivity contribution in [2.24, 2.45) is 56.2 Å². The number of hydrogen-bond acceptors (Lipinski definition) is 6. The second kappa shape index (κ2) is 11.6. The number of carboxylic acids is 1. The summed E-state index contributed by atoms with van der Waals surface area (Å²) in [4.78, 5) is 42.3. The highest BCUT2D eigenvalue weighted by Gasteiger charge is 2.70. The zero-order chi connectivity index (χ0) is 33.3. The van der Waals surface area contributed by atoms with E-state index in [9.17, 15) is 19.5 Å². The molecule has 1 heterocycles. The lowest BCUT2D eigenvalue weighted by atomic mass is 9.32. The Labute approximate surface area is 280 Å². The van der Waals surface area contributed by atoms with Crippen LogP contribution in [0.4, 0.5) is 0 Å². The van der Waals surface area contributed by atoms with Crippen LogP contribution in [0.1, 0.15) is 137 Å². The van der Waals surface area contributed by atoms with Crippen molar-refractivity contribution in [1.29, 1.82) is 0 Å². The number of carbonyl (C=O) groups is 3. The molecule has 2 N–H and O–H groups in total. The molecule has 5 fully saturated rings. The van der Waals surface area contributed by atoms with E-state index in [-0.39, 0.29) is 51.5 Å². The molecule has 0 aliphatic heterocycles. The maximum Gasteiger partial charge on any atom is 0.309 e. The Kier molecular flexibility index (Phi) is 8.54. The van der Waals surface area contributed by atoms with Crippen molar-refractivity contribution in [3.05, 3.63) is 16.6 Å². The molecule has 1 aromatic rings. The van der Waals surface area contributed by atoms with Crippen molar-refractivity contribution in [2.45, 2.75) is 145 Å². The van der Waals surface area contributed by atoms with E-state index in [1.54, 1.807) is 31.4 Å². The van der Waals surface area contributed by atoms with Crippen molar-refractivity contribution >= 4 is 29.2 Å². The van der Waals surface area contributed by atoms with Gasteiger partial charge in [0, 0.05) is 23.4 Å². The quantitative estimate of drug-likeness (QED) is 0.273. The second-order valence-corrected chi connectivity index (χ2v) is 19.1. The molecule has 5 aliphatic rings. The van der Waals surface area contributed by atoms with Crippen LogP contribution in [0.25, 0.3) is 0 Å². The summed E-state index contributed by atoms with van der Waals surface area (Å²) in [5.74, 6) is 1.21. The van der Waals surface area contributed by atoms with Gasteiger partial charge < -0.3 is 15.2 Å². The Balaban J connectivity index is 1.18. The normalized spacial score (nSPS) is 41.3. The van der Waals surface area contributed by atoms with Gasteiger partial charge in [0.15, 0.2) is 0 Å². The zero-order valence-electron chi connectivity index (χ0n) is 29.4. The molecule has 9 atom stereocenters. The number of carboxylic acid groups (broad SMARTS) is 1. The van der Waals surface area contributed by atoms with Gasteiger partial charge in [-0.1, -0.05) is 41.0 Å². The third kappa shape index (κ3) is 5.26. The number of ether oxygens (including phenoxy) is 1. The first-order valence-electron chi connectivity index (χ1n) is 18.1. The summed E-state index contributed by atoms with van der Waals surface area (Å²) in [6.07, 6.45) is 15.0. The van der Waals surface area contributed by atoms with Crippen molar-refractivity contribution in [2.75, 3.05) is 0 Å². The number of nitrogens with one attached hydrogen (secondary N) is 1. The largest absolute Gasteiger partial charge is 0.481 e. The molecule has 1 amide bonds. The first kappa shape index (κ1) is 33.9. The number of fused-ring (bicyclic) bond motifs is 7. The smallest absolute Gasteiger partial charge is 0.309 e. The molecule has 46 heavy (non-hydrogen) atoms. The zero-order valence-corrected chi connectivity index (χ0v) is 30.2. The molecular weight excluding hydrogens is 596 g/mol. The van der Waals surface area contributed by atoms with Crippen LogP contribution in [0.2, 0.25) is 0 Å². The van der Waals surface area contributed by atoms with E-state index in [2.05, 4.69) is 44.9 Å². The molecule has 0 radical (unpaired) electrons. The second-order valence-electron chi connectivity index (χ2n) is 18.1. The molecule has 256 valence electrons. The number of hydrogen-bond donors (Lipinski definition) is 2. The van der Waals surface area contributed by atoms with Gasteiger partial charge in [0.25, 0.3) is 0 Å². The van der Waals surface area contributed by atoms with Gasteiger partial charge in [0.2, 0.25) is 5.91 Å². The van der Waals surface area contributed by atoms with E-state index >= 15 is 0 Å². The molecule has 0 aromatic carbocycles. The third-order valence-corrected chi connectivity index (χ3v) is 16.1. The van der Waals surface area contributed by atoms with Gasteiger partial charge in [0.1, 0.15) is 11.1 Å². The minimum absolute atomic E-state index is 0.104. The highest BCUT2D eigenvalue weighted by molar-refractivity contribution is 7.09. The summed E-state index contributed by atoms with van der Waals surface area (Å²) in [5, 5.41) is 15.7. The summed E-state index contributed by atoms with van der Waals surface area (Å²) < 4.78 is 6.14. The number of thiazole rings is 1. The summed E-state index contributed by atoms with van der Waals surface area (Å²) in [6.45, 7) is 16.2. The predicted molar refractivity (Wildman–Crippen MR) is 180 cm³/mol. The van der Waals surface area contributed by atoms with Gasteiger partial charge in [-0.3, -0.25) is 14.4 Å². The molecule has 0 spiro atoms. The average Bonchev–Trinajstić information content (AvgIpc) is 3.64. The number of aliphatic carboxylic acids is 1. The number of amides is 1. The summed E-state index contributed by atoms with van der Waals surface area (Å²) >= 11 is 1.60. The Hall–Kier alpha value is -1.96. The lowest BCUT2D eigenvalue weighted by Crippen LogP contribution is -2.66. The first-order valence-corrected chi connectivity index (χ1v) is 18.9. The molecule has 0 bridgehead atoms. The van der Waals surface area contributed by atoms with Crippen LogP contribution < -0.4 is 5.32 Å². The lowest BCUT2D eigenvalue weighted by Gasteiger charge is -2.72. The molecule has 1 aromatic heterocycles. The van der Waals surface area contributed by atoms with Crippen LogP contribution in [0.3, 0.4) is 0 Å². The van der Waals surface area contributed by atoms with Crippen molar-refractivity contribution < 1.29 is 24.2 Å². The Morgan fingerprint density at radius 1 is 0.935 bits per heavy atom. The van der Waals surface area contributed by atoms with Crippen LogP contribution in [0.5, 0.6) is 0 Å². The standard InChI is InChI=1S/C38H58N2O5S/c1-33(2,32(43)44)22-31(42)45-28-13-15-35(5)26(34(28,3)4)12-16-37(7)27(35)11-10-24-25-9-8-14-38(25,18-17-36(24,37)6)21-29(41)40-23-30-39-19-20-46-30/h19-20,24-28H,8-18,21-23H2,1-7H3,(H,40,41)(H,43,44)/t24-,25-,26?,27?,28+,35+,36-,37-,38-/m1/s1. The topological polar surface area (TPSA) is 106 Å². The minimum Gasteiger partial charge on any atom is -0.481 e. The van der Waals surface area contributed by atoms with Gasteiger partial charge in [-0.2, -0.15) is 0 Å². The molecule has 6 rings (SSSR count). The van der Waals surface area contributed by atoms with E-state index in [1.807, 2.05) is 5.38 Å². The Morgan fingerprint density at radius 2 is 1.70 bits per heavy atom. The highest BCUT2D eigenvalue weighted by Crippen LogP contribution is 2.77. The van der Waals surface area contributed by atoms with Gasteiger partial charge in [-0.05, 0) is 123 Å². The van der Waals surface area contributed by atoms with Gasteiger partial charge in [-0.15, -0.1) is 11.3 Å². The van der Waals surface area contributed by atoms with Crippen molar-refractivity contribution in [1.82, 2.24) is 10.3 Å². The van der Waals surface area contributed by atoms with E-state index in [1.165, 1.54) is 44.9 Å². The fourth-order valence-corrected chi connectivity index (χ4v) is 13.3. The third-order valence-electron chi connectivity index (χ3n) is 15.4. The number of rotatable bonds is 8. The van der Waals surface area contributed by atoms with E-state index < -0.39 is 11.4 Å². The monoisotopic (exact) mass is 654 g/mol. The van der Waals surface area contributed by atoms with Gasteiger partial charge in [0.05, 0.1) is 18.4 Å². The van der Waals surface area contributed by atoms with Gasteiger partial charge in [-0.25, -0.2) is 4.98 Å². The van der Waals surface area contributed by atoms with Crippen LogP contribution in [0, 0.1) is 56.2 Å². The Morgan fingerprint density at radius 3 is 2.39 bits per heavy atom. The Bertz CT molecular complexity index is 1340. The van der Waals surface area contributed by atoms with E-state index in [4.69, 9.17) is 4.74 Å². The lowest BCUT2D eigenvalue weighted by molar-refractivity contribution is -0.248. The fraction of sp³-hybridized carbons (Fsp3) is 0.842. The molecule has 8 heteroatoms. The molecule has 7 nitrogen and oxygen atoms in total.